The lowest BCUT2D eigenvalue weighted by molar-refractivity contribution is 0.366. The van der Waals surface area contributed by atoms with Crippen molar-refractivity contribution in [2.45, 2.75) is 19.3 Å². The summed E-state index contributed by atoms with van der Waals surface area (Å²) in [6, 6.07) is 0.841. The van der Waals surface area contributed by atoms with E-state index in [0.29, 0.717) is 12.1 Å². The van der Waals surface area contributed by atoms with Gasteiger partial charge in [0, 0.05) is 17.0 Å². The molecule has 0 spiro atoms. The summed E-state index contributed by atoms with van der Waals surface area (Å²) in [4.78, 5) is 0. The van der Waals surface area contributed by atoms with Crippen molar-refractivity contribution in [2.24, 2.45) is 0 Å². The molecule has 2 N–H and O–H groups in total. The molecule has 0 aliphatic rings. The second-order valence-electron chi connectivity index (χ2n) is 4.81. The Morgan fingerprint density at radius 2 is 1.09 bits per heavy atom. The van der Waals surface area contributed by atoms with Crippen molar-refractivity contribution >= 4 is 0 Å². The molecule has 23 heavy (non-hydrogen) atoms. The lowest BCUT2D eigenvalue weighted by Gasteiger charge is -2.19. The van der Waals surface area contributed by atoms with Gasteiger partial charge in [-0.05, 0) is 18.6 Å². The van der Waals surface area contributed by atoms with Crippen molar-refractivity contribution in [1.29, 1.82) is 0 Å². The number of aromatic hydroxyl groups is 2. The molecule has 0 aliphatic carbocycles. The normalized spacial score (nSPS) is 11.3. The Balaban J connectivity index is 2.72. The molecule has 0 saturated heterocycles. The number of rotatable bonds is 3. The van der Waals surface area contributed by atoms with Crippen molar-refractivity contribution < 1.29 is 36.6 Å². The summed E-state index contributed by atoms with van der Waals surface area (Å²) in [5.41, 5.74) is -1.44. The average molecular weight is 336 g/mol. The second kappa shape index (κ2) is 6.02. The molecule has 0 radical (unpaired) electrons. The highest BCUT2D eigenvalue weighted by Gasteiger charge is 2.29. The van der Waals surface area contributed by atoms with Crippen LogP contribution in [0.2, 0.25) is 0 Å². The third kappa shape index (κ3) is 2.69. The van der Waals surface area contributed by atoms with Crippen LogP contribution in [0.3, 0.4) is 0 Å². The molecule has 0 fully saturated rings. The molecule has 0 aliphatic heterocycles. The van der Waals surface area contributed by atoms with Gasteiger partial charge in [0.1, 0.15) is 0 Å². The van der Waals surface area contributed by atoms with Crippen LogP contribution in [0.25, 0.3) is 0 Å². The Bertz CT molecular complexity index is 712. The van der Waals surface area contributed by atoms with Crippen molar-refractivity contribution in [1.82, 2.24) is 0 Å². The first-order valence-corrected chi connectivity index (χ1v) is 6.43. The van der Waals surface area contributed by atoms with Crippen LogP contribution in [0.5, 0.6) is 11.5 Å². The van der Waals surface area contributed by atoms with Crippen LogP contribution in [-0.2, 0) is 0 Å². The molecule has 0 bridgehead atoms. The molecule has 0 saturated carbocycles. The van der Waals surface area contributed by atoms with Crippen LogP contribution in [0, 0.1) is 34.9 Å². The highest BCUT2D eigenvalue weighted by Crippen LogP contribution is 2.38. The topological polar surface area (TPSA) is 40.5 Å². The molecule has 0 unspecified atom stereocenters. The number of hydrogen-bond acceptors (Lipinski definition) is 2. The van der Waals surface area contributed by atoms with Gasteiger partial charge in [-0.1, -0.05) is 6.92 Å². The quantitative estimate of drug-likeness (QED) is 0.641. The number of benzene rings is 2. The van der Waals surface area contributed by atoms with Crippen molar-refractivity contribution in [3.8, 4) is 11.5 Å². The molecular weight excluding hydrogens is 326 g/mol. The van der Waals surface area contributed by atoms with Gasteiger partial charge >= 0.3 is 0 Å². The van der Waals surface area contributed by atoms with Crippen LogP contribution in [0.15, 0.2) is 12.1 Å². The fourth-order valence-electron chi connectivity index (χ4n) is 2.32. The first-order chi connectivity index (χ1) is 10.7. The number of halogens is 6. The molecule has 2 nitrogen and oxygen atoms in total. The summed E-state index contributed by atoms with van der Waals surface area (Å²) in [6.07, 6.45) is -0.166. The summed E-state index contributed by atoms with van der Waals surface area (Å²) in [5, 5.41) is 18.0. The summed E-state index contributed by atoms with van der Waals surface area (Å²) in [6.45, 7) is 1.37. The average Bonchev–Trinajstić information content (AvgIpc) is 2.53. The number of phenols is 2. The Hall–Kier alpha value is -2.38. The molecule has 2 aromatic carbocycles. The molecule has 2 rings (SSSR count). The lowest BCUT2D eigenvalue weighted by atomic mass is 9.87. The van der Waals surface area contributed by atoms with Crippen LogP contribution < -0.4 is 0 Å². The minimum absolute atomic E-state index is 0.166. The number of hydrogen-bond donors (Lipinski definition) is 2. The molecule has 124 valence electrons. The van der Waals surface area contributed by atoms with Gasteiger partial charge in [0.2, 0.25) is 11.6 Å². The van der Waals surface area contributed by atoms with Gasteiger partial charge < -0.3 is 10.2 Å². The predicted octanol–water partition coefficient (Wildman–Crippen LogP) is 4.47. The largest absolute Gasteiger partial charge is 0.503 e. The molecule has 0 heterocycles. The smallest absolute Gasteiger partial charge is 0.203 e. The third-order valence-corrected chi connectivity index (χ3v) is 3.48. The summed E-state index contributed by atoms with van der Waals surface area (Å²) in [7, 11) is 0. The Kier molecular flexibility index (Phi) is 4.44. The second-order valence-corrected chi connectivity index (χ2v) is 4.81. The van der Waals surface area contributed by atoms with E-state index < -0.39 is 63.4 Å². The molecular formula is C15H10F6O2. The van der Waals surface area contributed by atoms with Gasteiger partial charge in [0.15, 0.2) is 34.8 Å². The maximum absolute atomic E-state index is 13.9. The lowest BCUT2D eigenvalue weighted by Crippen LogP contribution is -2.09. The first kappa shape index (κ1) is 17.0. The van der Waals surface area contributed by atoms with Crippen molar-refractivity contribution in [2.75, 3.05) is 0 Å². The van der Waals surface area contributed by atoms with E-state index in [0.717, 1.165) is 0 Å². The zero-order valence-electron chi connectivity index (χ0n) is 11.6. The molecule has 2 aromatic rings. The van der Waals surface area contributed by atoms with Crippen LogP contribution in [0.4, 0.5) is 26.3 Å². The van der Waals surface area contributed by atoms with Crippen molar-refractivity contribution in [3.05, 3.63) is 58.2 Å². The maximum Gasteiger partial charge on any atom is 0.203 e. The summed E-state index contributed by atoms with van der Waals surface area (Å²) < 4.78 is 81.5. The zero-order chi connectivity index (χ0) is 17.5. The van der Waals surface area contributed by atoms with Gasteiger partial charge in [0.05, 0.1) is 0 Å². The summed E-state index contributed by atoms with van der Waals surface area (Å²) >= 11 is 0. The van der Waals surface area contributed by atoms with E-state index >= 15 is 0 Å². The van der Waals surface area contributed by atoms with E-state index in [1.165, 1.54) is 6.92 Å². The minimum Gasteiger partial charge on any atom is -0.503 e. The standard InChI is InChI=1S/C15H10F6O2/c1-2-5(6-3-8(16)14(22)12(20)10(6)18)7-4-9(17)15(23)13(21)11(7)19/h3-5,22-23H,2H2,1H3. The summed E-state index contributed by atoms with van der Waals surface area (Å²) in [5.74, 6) is -14.7. The number of phenolic OH excluding ortho intramolecular Hbond substituents is 2. The van der Waals surface area contributed by atoms with Crippen molar-refractivity contribution in [3.63, 3.8) is 0 Å². The van der Waals surface area contributed by atoms with E-state index in [4.69, 9.17) is 10.2 Å². The Morgan fingerprint density at radius 1 is 0.739 bits per heavy atom. The van der Waals surface area contributed by atoms with Crippen LogP contribution in [0.1, 0.15) is 30.4 Å². The van der Waals surface area contributed by atoms with Gasteiger partial charge in [-0.2, -0.15) is 8.78 Å². The molecule has 0 aromatic heterocycles. The van der Waals surface area contributed by atoms with Gasteiger partial charge in [-0.15, -0.1) is 0 Å². The fourth-order valence-corrected chi connectivity index (χ4v) is 2.32. The van der Waals surface area contributed by atoms with Gasteiger partial charge in [-0.3, -0.25) is 0 Å². The molecule has 0 atom stereocenters. The van der Waals surface area contributed by atoms with Crippen LogP contribution in [-0.4, -0.2) is 10.2 Å². The minimum atomic E-state index is -1.89. The molecule has 0 amide bonds. The third-order valence-electron chi connectivity index (χ3n) is 3.48. The van der Waals surface area contributed by atoms with E-state index in [9.17, 15) is 26.3 Å². The maximum atomic E-state index is 13.9. The SMILES string of the molecule is CCC(c1cc(F)c(O)c(F)c1F)c1cc(F)c(O)c(F)c1F. The Morgan fingerprint density at radius 3 is 1.39 bits per heavy atom. The molecule has 8 heteroatoms. The van der Waals surface area contributed by atoms with Gasteiger partial charge in [-0.25, -0.2) is 17.6 Å². The first-order valence-electron chi connectivity index (χ1n) is 6.43. The predicted molar refractivity (Wildman–Crippen MR) is 68.1 cm³/mol. The highest BCUT2D eigenvalue weighted by molar-refractivity contribution is 5.42. The monoisotopic (exact) mass is 336 g/mol. The zero-order valence-corrected chi connectivity index (χ0v) is 11.6. The fraction of sp³-hybridized carbons (Fsp3) is 0.200. The van der Waals surface area contributed by atoms with E-state index in [-0.39, 0.29) is 6.42 Å². The van der Waals surface area contributed by atoms with E-state index in [1.54, 1.807) is 0 Å². The van der Waals surface area contributed by atoms with Gasteiger partial charge in [0.25, 0.3) is 0 Å². The van der Waals surface area contributed by atoms with E-state index in [1.807, 2.05) is 0 Å². The van der Waals surface area contributed by atoms with E-state index in [2.05, 4.69) is 0 Å². The highest BCUT2D eigenvalue weighted by atomic mass is 19.2. The Labute approximate surface area is 126 Å². The van der Waals surface area contributed by atoms with Crippen LogP contribution >= 0.6 is 0 Å².